The molecule has 0 saturated carbocycles. The average molecular weight is 441 g/mol. The maximum absolute atomic E-state index is 12.8. The van der Waals surface area contributed by atoms with E-state index in [4.69, 9.17) is 18.9 Å². The zero-order chi connectivity index (χ0) is 22.7. The Balaban J connectivity index is 1.62. The number of benzene rings is 2. The molecule has 2 heterocycles. The van der Waals surface area contributed by atoms with E-state index in [1.807, 2.05) is 60.7 Å². The van der Waals surface area contributed by atoms with Gasteiger partial charge in [-0.1, -0.05) is 60.7 Å². The highest BCUT2D eigenvalue weighted by molar-refractivity contribution is 5.88. The molecule has 2 aromatic carbocycles. The van der Waals surface area contributed by atoms with Crippen LogP contribution in [-0.4, -0.2) is 53.5 Å². The third-order valence-electron chi connectivity index (χ3n) is 5.76. The van der Waals surface area contributed by atoms with Gasteiger partial charge in [-0.15, -0.1) is 0 Å². The quantitative estimate of drug-likeness (QED) is 0.705. The van der Waals surface area contributed by atoms with Crippen molar-refractivity contribution in [3.63, 3.8) is 0 Å². The van der Waals surface area contributed by atoms with Crippen molar-refractivity contribution in [1.29, 1.82) is 0 Å². The lowest BCUT2D eigenvalue weighted by Gasteiger charge is -2.52. The molecule has 2 aromatic rings. The van der Waals surface area contributed by atoms with Crippen LogP contribution >= 0.6 is 0 Å². The fraction of sp³-hybridized carbons (Fsp3) is 0.417. The number of hydrogen-bond donors (Lipinski definition) is 2. The van der Waals surface area contributed by atoms with E-state index < -0.39 is 48.1 Å². The maximum Gasteiger partial charge on any atom is 0.217 e. The number of ether oxygens (including phenoxy) is 4. The van der Waals surface area contributed by atoms with Crippen LogP contribution in [0.25, 0.3) is 0 Å². The molecule has 2 N–H and O–H groups in total. The fourth-order valence-electron chi connectivity index (χ4n) is 4.15. The normalized spacial score (nSPS) is 32.0. The van der Waals surface area contributed by atoms with Crippen LogP contribution in [0.15, 0.2) is 60.7 Å². The molecule has 2 aliphatic rings. The van der Waals surface area contributed by atoms with Gasteiger partial charge in [0.25, 0.3) is 0 Å². The zero-order valence-electron chi connectivity index (χ0n) is 18.0. The Hall–Kier alpha value is -2.62. The zero-order valence-corrected chi connectivity index (χ0v) is 18.0. The van der Waals surface area contributed by atoms with E-state index in [9.17, 15) is 14.7 Å². The molecule has 4 rings (SSSR count). The Kier molecular flexibility index (Phi) is 6.68. The Morgan fingerprint density at radius 1 is 1.06 bits per heavy atom. The summed E-state index contributed by atoms with van der Waals surface area (Å²) >= 11 is 0. The highest BCUT2D eigenvalue weighted by Crippen LogP contribution is 2.40. The van der Waals surface area contributed by atoms with Crippen LogP contribution < -0.4 is 5.32 Å². The molecule has 0 aromatic heterocycles. The first-order chi connectivity index (χ1) is 15.4. The number of Topliss-reactive ketones (excluding diaryl/α,β-unsaturated/α-hetero) is 1. The standard InChI is InChI=1S/C24H27NO7/c1-15(26)24(28)20(25-16(2)27)23(29-13-17-9-5-3-6-10-17)31-19-14-30-22(32-21(19)24)18-11-7-4-8-12-18/h3-12,19-23,28H,13-14H2,1-2H3,(H,25,27)/t19-,20+,21-,22?,23-,24-/m1/s1. The van der Waals surface area contributed by atoms with Gasteiger partial charge in [0.2, 0.25) is 5.91 Å². The first-order valence-electron chi connectivity index (χ1n) is 10.5. The van der Waals surface area contributed by atoms with Gasteiger partial charge in [-0.3, -0.25) is 9.59 Å². The minimum atomic E-state index is -2.08. The molecule has 170 valence electrons. The van der Waals surface area contributed by atoms with Crippen molar-refractivity contribution in [2.75, 3.05) is 6.61 Å². The van der Waals surface area contributed by atoms with Gasteiger partial charge in [-0.2, -0.15) is 0 Å². The predicted molar refractivity (Wildman–Crippen MR) is 113 cm³/mol. The largest absolute Gasteiger partial charge is 0.377 e. The lowest BCUT2D eigenvalue weighted by Crippen LogP contribution is -2.76. The lowest BCUT2D eigenvalue weighted by atomic mass is 9.78. The van der Waals surface area contributed by atoms with E-state index in [0.29, 0.717) is 0 Å². The van der Waals surface area contributed by atoms with Gasteiger partial charge in [0.1, 0.15) is 18.2 Å². The number of nitrogens with one attached hydrogen (secondary N) is 1. The van der Waals surface area contributed by atoms with Crippen molar-refractivity contribution in [3.05, 3.63) is 71.8 Å². The molecule has 2 aliphatic heterocycles. The number of ketones is 1. The van der Waals surface area contributed by atoms with Crippen LogP contribution in [0.3, 0.4) is 0 Å². The topological polar surface area (TPSA) is 103 Å². The van der Waals surface area contributed by atoms with E-state index in [2.05, 4.69) is 5.32 Å². The summed E-state index contributed by atoms with van der Waals surface area (Å²) in [4.78, 5) is 24.8. The number of amides is 1. The van der Waals surface area contributed by atoms with Crippen molar-refractivity contribution in [2.45, 2.75) is 56.9 Å². The number of carbonyl (C=O) groups is 2. The Morgan fingerprint density at radius 3 is 2.34 bits per heavy atom. The minimum absolute atomic E-state index is 0.0812. The second-order valence-electron chi connectivity index (χ2n) is 8.03. The van der Waals surface area contributed by atoms with E-state index in [0.717, 1.165) is 11.1 Å². The van der Waals surface area contributed by atoms with E-state index >= 15 is 0 Å². The summed E-state index contributed by atoms with van der Waals surface area (Å²) in [5.41, 5.74) is -0.450. The molecule has 0 spiro atoms. The van der Waals surface area contributed by atoms with Crippen LogP contribution in [0.5, 0.6) is 0 Å². The highest BCUT2D eigenvalue weighted by atomic mass is 16.7. The SMILES string of the molecule is CC(=O)N[C@H]1[C@H](OCc2ccccc2)O[C@@H]2COC(c3ccccc3)O[C@H]2[C@@]1(O)C(C)=O. The Labute approximate surface area is 186 Å². The number of hydrogen-bond acceptors (Lipinski definition) is 7. The summed E-state index contributed by atoms with van der Waals surface area (Å²) in [6, 6.07) is 17.5. The van der Waals surface area contributed by atoms with Gasteiger partial charge in [0, 0.05) is 12.5 Å². The molecule has 0 radical (unpaired) electrons. The Morgan fingerprint density at radius 2 is 1.72 bits per heavy atom. The summed E-state index contributed by atoms with van der Waals surface area (Å²) < 4.78 is 23.9. The summed E-state index contributed by atoms with van der Waals surface area (Å²) in [6.07, 6.45) is -3.71. The average Bonchev–Trinajstić information content (AvgIpc) is 2.80. The third-order valence-corrected chi connectivity index (χ3v) is 5.76. The van der Waals surface area contributed by atoms with Gasteiger partial charge < -0.3 is 29.4 Å². The minimum Gasteiger partial charge on any atom is -0.377 e. The molecule has 2 saturated heterocycles. The summed E-state index contributed by atoms with van der Waals surface area (Å²) in [5.74, 6) is -0.992. The molecule has 2 fully saturated rings. The monoisotopic (exact) mass is 441 g/mol. The van der Waals surface area contributed by atoms with Gasteiger partial charge in [0.05, 0.1) is 13.2 Å². The molecular formula is C24H27NO7. The van der Waals surface area contributed by atoms with Crippen LogP contribution in [0.2, 0.25) is 0 Å². The number of rotatable bonds is 6. The highest BCUT2D eigenvalue weighted by Gasteiger charge is 2.62. The van der Waals surface area contributed by atoms with Crippen LogP contribution in [-0.2, 0) is 35.1 Å². The first-order valence-corrected chi connectivity index (χ1v) is 10.5. The predicted octanol–water partition coefficient (Wildman–Crippen LogP) is 1.87. The summed E-state index contributed by atoms with van der Waals surface area (Å²) in [5, 5.41) is 14.3. The maximum atomic E-state index is 12.8. The van der Waals surface area contributed by atoms with Crippen LogP contribution in [0.4, 0.5) is 0 Å². The number of aliphatic hydroxyl groups is 1. The summed E-state index contributed by atoms with van der Waals surface area (Å²) in [6.45, 7) is 2.82. The molecule has 8 heteroatoms. The van der Waals surface area contributed by atoms with Crippen LogP contribution in [0, 0.1) is 0 Å². The van der Waals surface area contributed by atoms with Crippen molar-refractivity contribution < 1.29 is 33.6 Å². The number of carbonyl (C=O) groups excluding carboxylic acids is 2. The second-order valence-corrected chi connectivity index (χ2v) is 8.03. The van der Waals surface area contributed by atoms with E-state index in [1.54, 1.807) is 0 Å². The molecular weight excluding hydrogens is 414 g/mol. The molecule has 8 nitrogen and oxygen atoms in total. The third kappa shape index (κ3) is 4.46. The lowest BCUT2D eigenvalue weighted by molar-refractivity contribution is -0.360. The molecule has 32 heavy (non-hydrogen) atoms. The van der Waals surface area contributed by atoms with Gasteiger partial charge in [0.15, 0.2) is 24.0 Å². The van der Waals surface area contributed by atoms with Gasteiger partial charge in [-0.05, 0) is 12.5 Å². The van der Waals surface area contributed by atoms with Crippen LogP contribution in [0.1, 0.15) is 31.3 Å². The van der Waals surface area contributed by atoms with Crippen molar-refractivity contribution in [3.8, 4) is 0 Å². The van der Waals surface area contributed by atoms with E-state index in [-0.39, 0.29) is 13.2 Å². The van der Waals surface area contributed by atoms with E-state index in [1.165, 1.54) is 13.8 Å². The first kappa shape index (κ1) is 22.6. The summed E-state index contributed by atoms with van der Waals surface area (Å²) in [7, 11) is 0. The fourth-order valence-corrected chi connectivity index (χ4v) is 4.15. The Bertz CT molecular complexity index is 938. The molecule has 1 amide bonds. The second kappa shape index (κ2) is 9.48. The number of fused-ring (bicyclic) bond motifs is 1. The van der Waals surface area contributed by atoms with Gasteiger partial charge >= 0.3 is 0 Å². The molecule has 0 bridgehead atoms. The van der Waals surface area contributed by atoms with Crippen molar-refractivity contribution in [2.24, 2.45) is 0 Å². The van der Waals surface area contributed by atoms with Crippen molar-refractivity contribution in [1.82, 2.24) is 5.32 Å². The molecule has 6 atom stereocenters. The van der Waals surface area contributed by atoms with Crippen molar-refractivity contribution >= 4 is 11.7 Å². The molecule has 1 unspecified atom stereocenters. The molecule has 0 aliphatic carbocycles. The van der Waals surface area contributed by atoms with Gasteiger partial charge in [-0.25, -0.2) is 0 Å². The smallest absolute Gasteiger partial charge is 0.217 e.